The van der Waals surface area contributed by atoms with Gasteiger partial charge in [0.2, 0.25) is 11.8 Å². The molecule has 1 aromatic rings. The summed E-state index contributed by atoms with van der Waals surface area (Å²) in [7, 11) is 1.57. The molecule has 2 amide bonds. The molecule has 114 valence electrons. The molecule has 0 aliphatic carbocycles. The lowest BCUT2D eigenvalue weighted by Gasteiger charge is -2.15. The van der Waals surface area contributed by atoms with Gasteiger partial charge in [-0.3, -0.25) is 9.59 Å². The first kappa shape index (κ1) is 15.4. The zero-order valence-electron chi connectivity index (χ0n) is 12.0. The number of rotatable bonds is 6. The molecule has 1 unspecified atom stereocenters. The second-order valence-corrected chi connectivity index (χ2v) is 5.04. The molecule has 0 radical (unpaired) electrons. The van der Waals surface area contributed by atoms with Gasteiger partial charge >= 0.3 is 0 Å². The highest BCUT2D eigenvalue weighted by Crippen LogP contribution is 2.18. The number of carbonyl (C=O) groups is 2. The zero-order chi connectivity index (χ0) is 15.2. The number of nitrogens with zero attached hydrogens (tertiary/aromatic N) is 1. The average molecular weight is 294 g/mol. The summed E-state index contributed by atoms with van der Waals surface area (Å²) >= 11 is 0. The van der Waals surface area contributed by atoms with Gasteiger partial charge in [0.15, 0.2) is 0 Å². The number of hydrogen-bond acceptors (Lipinski definition) is 3. The van der Waals surface area contributed by atoms with E-state index >= 15 is 0 Å². The van der Waals surface area contributed by atoms with Crippen LogP contribution < -0.4 is 5.32 Å². The van der Waals surface area contributed by atoms with E-state index in [2.05, 4.69) is 5.32 Å². The minimum atomic E-state index is -0.374. The predicted molar refractivity (Wildman–Crippen MR) is 74.8 cm³/mol. The van der Waals surface area contributed by atoms with Crippen LogP contribution in [0.2, 0.25) is 0 Å². The standard InChI is InChI=1S/C15H19FN2O3/c1-21-7-6-18-10-12(8-14(18)19)15(20)17-9-11-4-2-3-5-13(11)16/h2-5,12H,6-10H2,1H3,(H,17,20). The van der Waals surface area contributed by atoms with Crippen molar-refractivity contribution in [2.24, 2.45) is 5.92 Å². The fourth-order valence-electron chi connectivity index (χ4n) is 2.33. The molecule has 1 aliphatic rings. The van der Waals surface area contributed by atoms with E-state index in [0.717, 1.165) is 0 Å². The Labute approximate surface area is 123 Å². The Morgan fingerprint density at radius 3 is 2.95 bits per heavy atom. The van der Waals surface area contributed by atoms with Gasteiger partial charge in [0.1, 0.15) is 5.82 Å². The van der Waals surface area contributed by atoms with Gasteiger partial charge in [-0.25, -0.2) is 4.39 Å². The second kappa shape index (κ2) is 7.17. The molecular formula is C15H19FN2O3. The maximum Gasteiger partial charge on any atom is 0.225 e. The SMILES string of the molecule is COCCN1CC(C(=O)NCc2ccccc2F)CC1=O. The Bertz CT molecular complexity index is 521. The number of nitrogens with one attached hydrogen (secondary N) is 1. The predicted octanol–water partition coefficient (Wildman–Crippen LogP) is 0.937. The molecule has 1 atom stereocenters. The van der Waals surface area contributed by atoms with Crippen molar-refractivity contribution in [1.82, 2.24) is 10.2 Å². The molecule has 1 aliphatic heterocycles. The minimum Gasteiger partial charge on any atom is -0.383 e. The monoisotopic (exact) mass is 294 g/mol. The van der Waals surface area contributed by atoms with E-state index in [4.69, 9.17) is 4.74 Å². The highest BCUT2D eigenvalue weighted by Gasteiger charge is 2.33. The average Bonchev–Trinajstić information content (AvgIpc) is 2.85. The van der Waals surface area contributed by atoms with Crippen molar-refractivity contribution >= 4 is 11.8 Å². The first-order valence-corrected chi connectivity index (χ1v) is 6.89. The Kier molecular flexibility index (Phi) is 5.27. The van der Waals surface area contributed by atoms with Crippen molar-refractivity contribution in [3.8, 4) is 0 Å². The molecule has 21 heavy (non-hydrogen) atoms. The molecule has 1 heterocycles. The summed E-state index contributed by atoms with van der Waals surface area (Å²) < 4.78 is 18.4. The van der Waals surface area contributed by atoms with Crippen LogP contribution in [0.5, 0.6) is 0 Å². The largest absolute Gasteiger partial charge is 0.383 e. The summed E-state index contributed by atoms with van der Waals surface area (Å²) in [5.74, 6) is -0.979. The highest BCUT2D eigenvalue weighted by atomic mass is 19.1. The number of halogens is 1. The number of carbonyl (C=O) groups excluding carboxylic acids is 2. The number of ether oxygens (including phenoxy) is 1. The summed E-state index contributed by atoms with van der Waals surface area (Å²) in [6.45, 7) is 1.47. The number of amides is 2. The van der Waals surface area contributed by atoms with Crippen LogP contribution in [0.4, 0.5) is 4.39 Å². The minimum absolute atomic E-state index is 0.0434. The summed E-state index contributed by atoms with van der Waals surface area (Å²) in [4.78, 5) is 25.4. The third-order valence-corrected chi connectivity index (χ3v) is 3.56. The summed E-state index contributed by atoms with van der Waals surface area (Å²) in [5.41, 5.74) is 0.436. The molecule has 2 rings (SSSR count). The van der Waals surface area contributed by atoms with E-state index in [9.17, 15) is 14.0 Å². The van der Waals surface area contributed by atoms with Crippen molar-refractivity contribution in [2.45, 2.75) is 13.0 Å². The third kappa shape index (κ3) is 4.01. The van der Waals surface area contributed by atoms with E-state index in [0.29, 0.717) is 25.3 Å². The van der Waals surface area contributed by atoms with Crippen molar-refractivity contribution in [1.29, 1.82) is 0 Å². The Morgan fingerprint density at radius 2 is 2.24 bits per heavy atom. The maximum absolute atomic E-state index is 13.5. The molecular weight excluding hydrogens is 275 g/mol. The highest BCUT2D eigenvalue weighted by molar-refractivity contribution is 5.89. The summed E-state index contributed by atoms with van der Waals surface area (Å²) in [6.07, 6.45) is 0.201. The van der Waals surface area contributed by atoms with E-state index in [-0.39, 0.29) is 36.5 Å². The number of benzene rings is 1. The van der Waals surface area contributed by atoms with E-state index < -0.39 is 0 Å². The van der Waals surface area contributed by atoms with Crippen molar-refractivity contribution in [3.05, 3.63) is 35.6 Å². The van der Waals surface area contributed by atoms with Gasteiger partial charge in [-0.15, -0.1) is 0 Å². The van der Waals surface area contributed by atoms with E-state index in [1.165, 1.54) is 6.07 Å². The summed E-state index contributed by atoms with van der Waals surface area (Å²) in [5, 5.41) is 2.69. The van der Waals surface area contributed by atoms with Crippen LogP contribution in [0.15, 0.2) is 24.3 Å². The molecule has 0 spiro atoms. The van der Waals surface area contributed by atoms with Crippen molar-refractivity contribution in [3.63, 3.8) is 0 Å². The molecule has 5 nitrogen and oxygen atoms in total. The van der Waals surface area contributed by atoms with Crippen LogP contribution in [0.25, 0.3) is 0 Å². The Morgan fingerprint density at radius 1 is 1.48 bits per heavy atom. The third-order valence-electron chi connectivity index (χ3n) is 3.56. The molecule has 6 heteroatoms. The van der Waals surface area contributed by atoms with Crippen LogP contribution >= 0.6 is 0 Å². The van der Waals surface area contributed by atoms with E-state index in [1.54, 1.807) is 30.2 Å². The Balaban J connectivity index is 1.84. The van der Waals surface area contributed by atoms with Gasteiger partial charge < -0.3 is 15.0 Å². The second-order valence-electron chi connectivity index (χ2n) is 5.04. The number of hydrogen-bond donors (Lipinski definition) is 1. The number of likely N-dealkylation sites (tertiary alicyclic amines) is 1. The molecule has 1 fully saturated rings. The molecule has 0 bridgehead atoms. The van der Waals surface area contributed by atoms with Gasteiger partial charge in [0.05, 0.1) is 12.5 Å². The van der Waals surface area contributed by atoms with Crippen LogP contribution in [0, 0.1) is 11.7 Å². The van der Waals surface area contributed by atoms with Crippen LogP contribution in [-0.4, -0.2) is 43.5 Å². The lowest BCUT2D eigenvalue weighted by atomic mass is 10.1. The summed E-state index contributed by atoms with van der Waals surface area (Å²) in [6, 6.07) is 6.30. The molecule has 1 saturated heterocycles. The van der Waals surface area contributed by atoms with Gasteiger partial charge in [-0.05, 0) is 6.07 Å². The number of methoxy groups -OCH3 is 1. The first-order valence-electron chi connectivity index (χ1n) is 6.89. The van der Waals surface area contributed by atoms with Crippen LogP contribution in [-0.2, 0) is 20.9 Å². The normalized spacial score (nSPS) is 18.1. The fraction of sp³-hybridized carbons (Fsp3) is 0.467. The topological polar surface area (TPSA) is 58.6 Å². The maximum atomic E-state index is 13.5. The van der Waals surface area contributed by atoms with Gasteiger partial charge in [0.25, 0.3) is 0 Å². The quantitative estimate of drug-likeness (QED) is 0.849. The van der Waals surface area contributed by atoms with Gasteiger partial charge in [-0.2, -0.15) is 0 Å². The fourth-order valence-corrected chi connectivity index (χ4v) is 2.33. The van der Waals surface area contributed by atoms with E-state index in [1.807, 2.05) is 0 Å². The molecule has 1 N–H and O–H groups in total. The lowest BCUT2D eigenvalue weighted by molar-refractivity contribution is -0.129. The van der Waals surface area contributed by atoms with Gasteiger partial charge in [-0.1, -0.05) is 18.2 Å². The first-order chi connectivity index (χ1) is 10.1. The smallest absolute Gasteiger partial charge is 0.225 e. The van der Waals surface area contributed by atoms with Crippen LogP contribution in [0.3, 0.4) is 0 Å². The molecule has 1 aromatic carbocycles. The lowest BCUT2D eigenvalue weighted by Crippen LogP contribution is -2.33. The Hall–Kier alpha value is -1.95. The molecule has 0 saturated carbocycles. The molecule has 0 aromatic heterocycles. The van der Waals surface area contributed by atoms with Gasteiger partial charge in [0, 0.05) is 38.7 Å². The zero-order valence-corrected chi connectivity index (χ0v) is 12.0. The van der Waals surface area contributed by atoms with Crippen molar-refractivity contribution in [2.75, 3.05) is 26.8 Å². The van der Waals surface area contributed by atoms with Crippen molar-refractivity contribution < 1.29 is 18.7 Å². The van der Waals surface area contributed by atoms with Crippen LogP contribution in [0.1, 0.15) is 12.0 Å².